The molecule has 1 aliphatic carbocycles. The number of rotatable bonds is 5. The van der Waals surface area contributed by atoms with Crippen molar-refractivity contribution in [2.24, 2.45) is 0 Å². The summed E-state index contributed by atoms with van der Waals surface area (Å²) in [5, 5.41) is 4.39. The maximum Gasteiger partial charge on any atom is 0.262 e. The van der Waals surface area contributed by atoms with E-state index in [4.69, 9.17) is 4.52 Å². The summed E-state index contributed by atoms with van der Waals surface area (Å²) in [5.41, 5.74) is 0.329. The lowest BCUT2D eigenvalue weighted by molar-refractivity contribution is 0.391. The number of hydrogen-bond donors (Lipinski definition) is 0. The Kier molecular flexibility index (Phi) is 4.35. The van der Waals surface area contributed by atoms with Gasteiger partial charge in [0.15, 0.2) is 16.8 Å². The van der Waals surface area contributed by atoms with Crippen LogP contribution in [0.4, 0.5) is 8.78 Å². The van der Waals surface area contributed by atoms with Crippen LogP contribution in [0.15, 0.2) is 51.0 Å². The van der Waals surface area contributed by atoms with Gasteiger partial charge in [0.25, 0.3) is 5.56 Å². The number of fused-ring (bicyclic) bond motifs is 1. The maximum atomic E-state index is 13.6. The van der Waals surface area contributed by atoms with Crippen LogP contribution >= 0.6 is 11.8 Å². The van der Waals surface area contributed by atoms with Gasteiger partial charge < -0.3 is 4.52 Å². The molecular formula is C19H13F2N5O2S. The van der Waals surface area contributed by atoms with Crippen molar-refractivity contribution in [1.82, 2.24) is 24.7 Å². The first kappa shape index (κ1) is 17.9. The van der Waals surface area contributed by atoms with E-state index in [1.165, 1.54) is 11.8 Å². The minimum Gasteiger partial charge on any atom is -0.338 e. The number of thioether (sulfide) groups is 1. The van der Waals surface area contributed by atoms with Crippen molar-refractivity contribution in [3.8, 4) is 11.5 Å². The second-order valence-electron chi connectivity index (χ2n) is 6.60. The third kappa shape index (κ3) is 3.39. The molecule has 0 amide bonds. The number of aromatic nitrogens is 5. The van der Waals surface area contributed by atoms with Gasteiger partial charge >= 0.3 is 0 Å². The van der Waals surface area contributed by atoms with Crippen LogP contribution in [0.1, 0.15) is 24.8 Å². The van der Waals surface area contributed by atoms with Gasteiger partial charge in [-0.1, -0.05) is 23.0 Å². The van der Waals surface area contributed by atoms with Crippen LogP contribution in [-0.4, -0.2) is 24.7 Å². The van der Waals surface area contributed by atoms with E-state index in [1.54, 1.807) is 22.9 Å². The Morgan fingerprint density at radius 2 is 2.00 bits per heavy atom. The zero-order valence-electron chi connectivity index (χ0n) is 14.9. The van der Waals surface area contributed by atoms with E-state index in [2.05, 4.69) is 20.1 Å². The van der Waals surface area contributed by atoms with Crippen LogP contribution < -0.4 is 5.56 Å². The highest BCUT2D eigenvalue weighted by molar-refractivity contribution is 7.98. The Balaban J connectivity index is 1.47. The molecule has 1 aromatic carbocycles. The molecule has 0 aliphatic heterocycles. The van der Waals surface area contributed by atoms with Gasteiger partial charge in [-0.05, 0) is 31.0 Å². The van der Waals surface area contributed by atoms with Crippen molar-refractivity contribution in [1.29, 1.82) is 0 Å². The van der Waals surface area contributed by atoms with Crippen molar-refractivity contribution >= 4 is 22.7 Å². The number of nitrogens with zero attached hydrogens (tertiary/aromatic N) is 5. The third-order valence-electron chi connectivity index (χ3n) is 4.51. The van der Waals surface area contributed by atoms with E-state index < -0.39 is 11.6 Å². The van der Waals surface area contributed by atoms with Gasteiger partial charge in [0.1, 0.15) is 5.69 Å². The second-order valence-corrected chi connectivity index (χ2v) is 7.54. The smallest absolute Gasteiger partial charge is 0.262 e. The first-order chi connectivity index (χ1) is 14.1. The molecule has 1 aliphatic rings. The Bertz CT molecular complexity index is 1270. The summed E-state index contributed by atoms with van der Waals surface area (Å²) in [6.45, 7) is 0. The summed E-state index contributed by atoms with van der Waals surface area (Å²) >= 11 is 1.24. The average Bonchev–Trinajstić information content (AvgIpc) is 3.45. The summed E-state index contributed by atoms with van der Waals surface area (Å²) in [4.78, 5) is 25.7. The number of pyridine rings is 1. The summed E-state index contributed by atoms with van der Waals surface area (Å²) in [7, 11) is 0. The van der Waals surface area contributed by atoms with Crippen LogP contribution in [0, 0.1) is 11.6 Å². The molecule has 7 nitrogen and oxygen atoms in total. The van der Waals surface area contributed by atoms with Gasteiger partial charge in [-0.3, -0.25) is 14.3 Å². The molecule has 4 aromatic rings. The average molecular weight is 413 g/mol. The molecular weight excluding hydrogens is 400 g/mol. The highest BCUT2D eigenvalue weighted by atomic mass is 32.2. The van der Waals surface area contributed by atoms with E-state index in [9.17, 15) is 13.6 Å². The van der Waals surface area contributed by atoms with Crippen LogP contribution in [0.2, 0.25) is 0 Å². The lowest BCUT2D eigenvalue weighted by Crippen LogP contribution is -2.22. The Hall–Kier alpha value is -3.14. The SMILES string of the molecule is O=c1c2cc(F)c(F)cc2nc(SCc2nc(-c3ccccn3)no2)n1C1CC1. The number of halogens is 2. The molecule has 29 heavy (non-hydrogen) atoms. The van der Waals surface area contributed by atoms with Crippen LogP contribution in [-0.2, 0) is 5.75 Å². The van der Waals surface area contributed by atoms with Gasteiger partial charge in [0.2, 0.25) is 11.7 Å². The molecule has 1 fully saturated rings. The molecule has 10 heteroatoms. The topological polar surface area (TPSA) is 86.7 Å². The molecule has 0 N–H and O–H groups in total. The molecule has 0 bridgehead atoms. The highest BCUT2D eigenvalue weighted by Gasteiger charge is 2.29. The van der Waals surface area contributed by atoms with Gasteiger partial charge in [-0.15, -0.1) is 0 Å². The van der Waals surface area contributed by atoms with Crippen LogP contribution in [0.5, 0.6) is 0 Å². The van der Waals surface area contributed by atoms with Crippen molar-refractivity contribution in [2.45, 2.75) is 29.8 Å². The van der Waals surface area contributed by atoms with E-state index in [-0.39, 0.29) is 28.3 Å². The molecule has 146 valence electrons. The molecule has 0 spiro atoms. The fourth-order valence-electron chi connectivity index (χ4n) is 2.97. The number of benzene rings is 1. The Morgan fingerprint density at radius 1 is 1.17 bits per heavy atom. The first-order valence-electron chi connectivity index (χ1n) is 8.88. The Labute approximate surface area is 166 Å². The lowest BCUT2D eigenvalue weighted by Gasteiger charge is -2.11. The molecule has 0 radical (unpaired) electrons. The fraction of sp³-hybridized carbons (Fsp3) is 0.211. The predicted octanol–water partition coefficient (Wildman–Crippen LogP) is 3.75. The van der Waals surface area contributed by atoms with Gasteiger partial charge in [0.05, 0.1) is 16.7 Å². The van der Waals surface area contributed by atoms with Crippen LogP contribution in [0.3, 0.4) is 0 Å². The maximum absolute atomic E-state index is 13.6. The van der Waals surface area contributed by atoms with E-state index in [0.29, 0.717) is 22.6 Å². The molecule has 3 aromatic heterocycles. The largest absolute Gasteiger partial charge is 0.338 e. The third-order valence-corrected chi connectivity index (χ3v) is 5.45. The van der Waals surface area contributed by atoms with Crippen molar-refractivity contribution in [3.05, 3.63) is 64.4 Å². The van der Waals surface area contributed by atoms with Crippen LogP contribution in [0.25, 0.3) is 22.4 Å². The monoisotopic (exact) mass is 413 g/mol. The lowest BCUT2D eigenvalue weighted by atomic mass is 10.2. The zero-order chi connectivity index (χ0) is 20.0. The van der Waals surface area contributed by atoms with Gasteiger partial charge in [-0.25, -0.2) is 13.8 Å². The van der Waals surface area contributed by atoms with Gasteiger partial charge in [-0.2, -0.15) is 4.98 Å². The first-order valence-corrected chi connectivity index (χ1v) is 9.87. The van der Waals surface area contributed by atoms with Gasteiger partial charge in [0, 0.05) is 18.3 Å². The summed E-state index contributed by atoms with van der Waals surface area (Å²) in [6, 6.07) is 7.25. The molecule has 0 atom stereocenters. The van der Waals surface area contributed by atoms with Crippen molar-refractivity contribution in [3.63, 3.8) is 0 Å². The second kappa shape index (κ2) is 7.03. The molecule has 0 unspecified atom stereocenters. The molecule has 1 saturated carbocycles. The normalized spacial score (nSPS) is 13.9. The molecule has 0 saturated heterocycles. The van der Waals surface area contributed by atoms with E-state index in [1.807, 2.05) is 6.07 Å². The standard InChI is InChI=1S/C19H13F2N5O2S/c20-12-7-11-15(8-13(12)21)23-19(26(18(11)27)10-4-5-10)29-9-16-24-17(25-28-16)14-3-1-2-6-22-14/h1-3,6-8,10H,4-5,9H2. The van der Waals surface area contributed by atoms with E-state index >= 15 is 0 Å². The minimum atomic E-state index is -1.06. The summed E-state index contributed by atoms with van der Waals surface area (Å²) < 4.78 is 34.0. The Morgan fingerprint density at radius 3 is 2.76 bits per heavy atom. The molecule has 5 rings (SSSR count). The summed E-state index contributed by atoms with van der Waals surface area (Å²) in [5.74, 6) is -1.12. The highest BCUT2D eigenvalue weighted by Crippen LogP contribution is 2.37. The quantitative estimate of drug-likeness (QED) is 0.364. The zero-order valence-corrected chi connectivity index (χ0v) is 15.7. The van der Waals surface area contributed by atoms with Crippen molar-refractivity contribution < 1.29 is 13.3 Å². The molecule has 3 heterocycles. The van der Waals surface area contributed by atoms with E-state index in [0.717, 1.165) is 25.0 Å². The fourth-order valence-corrected chi connectivity index (χ4v) is 3.87. The number of hydrogen-bond acceptors (Lipinski definition) is 7. The summed E-state index contributed by atoms with van der Waals surface area (Å²) in [6.07, 6.45) is 3.32. The predicted molar refractivity (Wildman–Crippen MR) is 101 cm³/mol. The minimum absolute atomic E-state index is 0.0155. The van der Waals surface area contributed by atoms with Crippen molar-refractivity contribution in [2.75, 3.05) is 0 Å².